The molecule has 0 bridgehead atoms. The number of allylic oxidation sites excluding steroid dienone is 1. The predicted molar refractivity (Wildman–Crippen MR) is 201 cm³/mol. The predicted octanol–water partition coefficient (Wildman–Crippen LogP) is 11.3. The van der Waals surface area contributed by atoms with Crippen molar-refractivity contribution < 1.29 is 0 Å². The van der Waals surface area contributed by atoms with E-state index in [1.54, 1.807) is 11.3 Å². The van der Waals surface area contributed by atoms with Gasteiger partial charge in [-0.15, -0.1) is 11.3 Å². The Bertz CT molecular complexity index is 2720. The lowest BCUT2D eigenvalue weighted by molar-refractivity contribution is 0.986. The number of hydrogen-bond donors (Lipinski definition) is 0. The van der Waals surface area contributed by atoms with Crippen LogP contribution < -0.4 is 0 Å². The molecule has 0 atom stereocenters. The van der Waals surface area contributed by atoms with Gasteiger partial charge in [-0.25, -0.2) is 15.0 Å². The summed E-state index contributed by atoms with van der Waals surface area (Å²) in [6.07, 6.45) is 6.71. The Morgan fingerprint density at radius 2 is 1.25 bits per heavy atom. The van der Waals surface area contributed by atoms with E-state index in [9.17, 15) is 0 Å². The first-order valence-corrected chi connectivity index (χ1v) is 17.2. The lowest BCUT2D eigenvalue weighted by atomic mass is 9.95. The van der Waals surface area contributed by atoms with Gasteiger partial charge in [0.05, 0.1) is 11.0 Å². The molecule has 0 saturated heterocycles. The second-order valence-corrected chi connectivity index (χ2v) is 13.4. The van der Waals surface area contributed by atoms with Gasteiger partial charge in [0.2, 0.25) is 0 Å². The van der Waals surface area contributed by atoms with Gasteiger partial charge < -0.3 is 4.57 Å². The molecule has 6 aromatic carbocycles. The summed E-state index contributed by atoms with van der Waals surface area (Å²) in [6.45, 7) is 0. The van der Waals surface area contributed by atoms with Crippen LogP contribution in [0.3, 0.4) is 0 Å². The van der Waals surface area contributed by atoms with E-state index in [4.69, 9.17) is 15.0 Å². The highest BCUT2D eigenvalue weighted by Gasteiger charge is 2.18. The molecule has 1 aliphatic rings. The second-order valence-electron chi connectivity index (χ2n) is 12.4. The Morgan fingerprint density at radius 1 is 0.542 bits per heavy atom. The molecule has 226 valence electrons. The monoisotopic (exact) mass is 632 g/mol. The van der Waals surface area contributed by atoms with E-state index in [0.29, 0.717) is 17.5 Å². The smallest absolute Gasteiger partial charge is 0.165 e. The van der Waals surface area contributed by atoms with E-state index in [1.807, 2.05) is 18.2 Å². The highest BCUT2D eigenvalue weighted by atomic mass is 32.1. The zero-order chi connectivity index (χ0) is 31.6. The molecule has 1 aliphatic carbocycles. The maximum atomic E-state index is 5.13. The van der Waals surface area contributed by atoms with E-state index >= 15 is 0 Å². The lowest BCUT2D eigenvalue weighted by Crippen LogP contribution is -2.01. The number of fused-ring (bicyclic) bond motifs is 7. The van der Waals surface area contributed by atoms with Crippen LogP contribution in [0, 0.1) is 0 Å². The summed E-state index contributed by atoms with van der Waals surface area (Å²) in [7, 11) is 0. The van der Waals surface area contributed by atoms with Gasteiger partial charge in [-0.2, -0.15) is 0 Å². The van der Waals surface area contributed by atoms with Crippen LogP contribution in [0.1, 0.15) is 17.5 Å². The van der Waals surface area contributed by atoms with Gasteiger partial charge in [0, 0.05) is 53.3 Å². The minimum atomic E-state index is 0.659. The second kappa shape index (κ2) is 10.8. The van der Waals surface area contributed by atoms with Crippen molar-refractivity contribution in [3.63, 3.8) is 0 Å². The Labute approximate surface area is 281 Å². The highest BCUT2D eigenvalue weighted by Crippen LogP contribution is 2.40. The van der Waals surface area contributed by atoms with Crippen LogP contribution in [-0.4, -0.2) is 19.5 Å². The Hall–Kier alpha value is -5.91. The minimum Gasteiger partial charge on any atom is -0.309 e. The van der Waals surface area contributed by atoms with Crippen molar-refractivity contribution in [2.45, 2.75) is 12.8 Å². The molecule has 9 aromatic rings. The average Bonchev–Trinajstić information content (AvgIpc) is 3.69. The number of aromatic nitrogens is 4. The quantitative estimate of drug-likeness (QED) is 0.194. The SMILES string of the molecule is C1=Cc2cc3c4ccccc4n(-c4ccc(-c5nc(-c6ccccc6)nc(-c6cccc7c6sc6ccccc67)n5)cc4)c3cc2CC1. The molecule has 10 rings (SSSR count). The van der Waals surface area contributed by atoms with Crippen molar-refractivity contribution >= 4 is 59.4 Å². The zero-order valence-corrected chi connectivity index (χ0v) is 26.8. The summed E-state index contributed by atoms with van der Waals surface area (Å²) in [4.78, 5) is 15.2. The van der Waals surface area contributed by atoms with E-state index in [2.05, 4.69) is 132 Å². The Morgan fingerprint density at radius 3 is 2.10 bits per heavy atom. The summed E-state index contributed by atoms with van der Waals surface area (Å²) in [5.74, 6) is 2.01. The third-order valence-corrected chi connectivity index (χ3v) is 10.7. The number of para-hydroxylation sites is 1. The lowest BCUT2D eigenvalue weighted by Gasteiger charge is -2.13. The van der Waals surface area contributed by atoms with E-state index in [0.717, 1.165) is 35.2 Å². The van der Waals surface area contributed by atoms with Crippen LogP contribution in [0.4, 0.5) is 0 Å². The van der Waals surface area contributed by atoms with Gasteiger partial charge in [0.1, 0.15) is 0 Å². The molecule has 48 heavy (non-hydrogen) atoms. The van der Waals surface area contributed by atoms with Gasteiger partial charge in [0.25, 0.3) is 0 Å². The molecule has 5 heteroatoms. The molecular weight excluding hydrogens is 605 g/mol. The topological polar surface area (TPSA) is 43.6 Å². The minimum absolute atomic E-state index is 0.659. The molecule has 0 spiro atoms. The molecule has 0 radical (unpaired) electrons. The number of hydrogen-bond acceptors (Lipinski definition) is 4. The Balaban J connectivity index is 1.14. The molecule has 4 nitrogen and oxygen atoms in total. The average molecular weight is 633 g/mol. The van der Waals surface area contributed by atoms with Crippen molar-refractivity contribution in [1.29, 1.82) is 0 Å². The fourth-order valence-electron chi connectivity index (χ4n) is 7.20. The van der Waals surface area contributed by atoms with E-state index < -0.39 is 0 Å². The molecule has 0 amide bonds. The van der Waals surface area contributed by atoms with Crippen LogP contribution in [0.25, 0.3) is 87.9 Å². The van der Waals surface area contributed by atoms with Crippen LogP contribution in [-0.2, 0) is 6.42 Å². The fourth-order valence-corrected chi connectivity index (χ4v) is 8.41. The Kier molecular flexibility index (Phi) is 6.14. The third kappa shape index (κ3) is 4.32. The van der Waals surface area contributed by atoms with Crippen molar-refractivity contribution in [2.24, 2.45) is 0 Å². The standard InChI is InChI=1S/C43H28N4S/c1-2-11-27(12-3-1)41-44-42(46-43(45-41)35-18-10-17-34-33-16-7-9-20-39(33)48-40(34)35)28-21-23-31(24-22-28)47-37-19-8-6-15-32(37)36-25-29-13-4-5-14-30(29)26-38(36)47/h1-4,6-13,15-26H,5,14H2. The zero-order valence-electron chi connectivity index (χ0n) is 26.0. The fraction of sp³-hybridized carbons (Fsp3) is 0.0465. The molecule has 0 unspecified atom stereocenters. The number of rotatable bonds is 4. The van der Waals surface area contributed by atoms with Gasteiger partial charge >= 0.3 is 0 Å². The van der Waals surface area contributed by atoms with Crippen LogP contribution in [0.2, 0.25) is 0 Å². The summed E-state index contributed by atoms with van der Waals surface area (Å²) in [5, 5.41) is 5.03. The maximum Gasteiger partial charge on any atom is 0.165 e. The van der Waals surface area contributed by atoms with Crippen LogP contribution >= 0.6 is 11.3 Å². The molecule has 3 aromatic heterocycles. The van der Waals surface area contributed by atoms with Crippen molar-refractivity contribution in [3.05, 3.63) is 151 Å². The number of benzene rings is 6. The molecule has 0 fully saturated rings. The maximum absolute atomic E-state index is 5.13. The van der Waals surface area contributed by atoms with Crippen molar-refractivity contribution in [3.8, 4) is 39.9 Å². The molecule has 0 saturated carbocycles. The van der Waals surface area contributed by atoms with Crippen LogP contribution in [0.5, 0.6) is 0 Å². The molecule has 0 N–H and O–H groups in total. The third-order valence-electron chi connectivity index (χ3n) is 9.51. The largest absolute Gasteiger partial charge is 0.309 e. The van der Waals surface area contributed by atoms with E-state index in [-0.39, 0.29) is 0 Å². The van der Waals surface area contributed by atoms with Gasteiger partial charge in [-0.1, -0.05) is 91.0 Å². The van der Waals surface area contributed by atoms with Crippen molar-refractivity contribution in [1.82, 2.24) is 19.5 Å². The highest BCUT2D eigenvalue weighted by molar-refractivity contribution is 7.26. The molecule has 0 aliphatic heterocycles. The molecular formula is C43H28N4S. The summed E-state index contributed by atoms with van der Waals surface area (Å²) in [5.41, 5.74) is 9.24. The summed E-state index contributed by atoms with van der Waals surface area (Å²) >= 11 is 1.79. The summed E-state index contributed by atoms with van der Waals surface area (Å²) < 4.78 is 4.84. The van der Waals surface area contributed by atoms with Gasteiger partial charge in [-0.05, 0) is 78.6 Å². The molecule has 3 heterocycles. The number of nitrogens with zero attached hydrogens (tertiary/aromatic N) is 4. The van der Waals surface area contributed by atoms with E-state index in [1.165, 1.54) is 53.1 Å². The first kappa shape index (κ1) is 27.2. The first-order chi connectivity index (χ1) is 23.8. The van der Waals surface area contributed by atoms with Crippen LogP contribution in [0.15, 0.2) is 140 Å². The van der Waals surface area contributed by atoms with Gasteiger partial charge in [0.15, 0.2) is 17.5 Å². The summed E-state index contributed by atoms with van der Waals surface area (Å²) in [6, 6.07) is 47.3. The number of aryl methyl sites for hydroxylation is 1. The first-order valence-electron chi connectivity index (χ1n) is 16.3. The van der Waals surface area contributed by atoms with Gasteiger partial charge in [-0.3, -0.25) is 0 Å². The van der Waals surface area contributed by atoms with Crippen molar-refractivity contribution in [2.75, 3.05) is 0 Å². The number of thiophene rings is 1. The normalized spacial score (nSPS) is 12.8.